The number of aliphatic hydroxyl groups excluding tert-OH is 2. The maximum Gasteiger partial charge on any atom is 0.256 e. The Hall–Kier alpha value is -2.96. The molecule has 0 radical (unpaired) electrons. The first-order valence-corrected chi connectivity index (χ1v) is 9.74. The van der Waals surface area contributed by atoms with Gasteiger partial charge in [0.15, 0.2) is 6.10 Å². The highest BCUT2D eigenvalue weighted by atomic mass is 32.1. The smallest absolute Gasteiger partial charge is 0.256 e. The van der Waals surface area contributed by atoms with Gasteiger partial charge in [-0.25, -0.2) is 13.5 Å². The Balaban J connectivity index is 1.76. The fraction of sp³-hybridized carbons (Fsp3) is 0.368. The van der Waals surface area contributed by atoms with Crippen LogP contribution in [0.2, 0.25) is 0 Å². The zero-order chi connectivity index (χ0) is 22.5. The molecule has 0 aliphatic carbocycles. The molecule has 1 aliphatic heterocycles. The number of thiocarbonyl (C=S) groups is 1. The molecule has 3 rings (SSSR count). The van der Waals surface area contributed by atoms with E-state index in [1.165, 1.54) is 29.0 Å². The van der Waals surface area contributed by atoms with Crippen molar-refractivity contribution in [1.82, 2.24) is 25.2 Å². The van der Waals surface area contributed by atoms with Crippen molar-refractivity contribution in [1.29, 1.82) is 0 Å². The molecule has 2 aromatic rings. The van der Waals surface area contributed by atoms with E-state index in [1.54, 1.807) is 0 Å². The molecule has 1 aliphatic rings. The standard InChI is InChI=1S/C19H21F2N5O4S/c1-30-19(31)22-8-12-9-26(24-23-12)13-6-14(20)17(15(21)7-13)11-2-4-25(5-3-11)18(29)16(28)10-27/h2,6-7,9,16,27-28H,3-5,8,10H2,1H3,(H,22,31)/t16-/m1/s1. The molecular weight excluding hydrogens is 432 g/mol. The predicted molar refractivity (Wildman–Crippen MR) is 110 cm³/mol. The molecule has 12 heteroatoms. The van der Waals surface area contributed by atoms with Crippen LogP contribution in [0.3, 0.4) is 0 Å². The lowest BCUT2D eigenvalue weighted by atomic mass is 9.97. The maximum absolute atomic E-state index is 14.8. The minimum Gasteiger partial charge on any atom is -0.474 e. The SMILES string of the molecule is COC(=S)NCc1cn(-c2cc(F)c(C3=CCN(C(=O)[C@H](O)CO)CC3)c(F)c2)nn1. The van der Waals surface area contributed by atoms with Gasteiger partial charge in [0, 0.05) is 30.8 Å². The molecule has 2 heterocycles. The normalized spacial score (nSPS) is 14.7. The Bertz CT molecular complexity index is 990. The number of nitrogens with zero attached hydrogens (tertiary/aromatic N) is 4. The summed E-state index contributed by atoms with van der Waals surface area (Å²) in [5, 5.41) is 29.1. The number of amides is 1. The summed E-state index contributed by atoms with van der Waals surface area (Å²) in [6.45, 7) is -0.196. The van der Waals surface area contributed by atoms with Gasteiger partial charge in [0.25, 0.3) is 11.1 Å². The van der Waals surface area contributed by atoms with E-state index in [0.29, 0.717) is 11.3 Å². The van der Waals surface area contributed by atoms with Gasteiger partial charge in [0.05, 0.1) is 32.1 Å². The molecule has 31 heavy (non-hydrogen) atoms. The number of carbonyl (C=O) groups excluding carboxylic acids is 1. The number of hydrogen-bond donors (Lipinski definition) is 3. The quantitative estimate of drug-likeness (QED) is 0.544. The summed E-state index contributed by atoms with van der Waals surface area (Å²) in [7, 11) is 1.43. The zero-order valence-electron chi connectivity index (χ0n) is 16.6. The Morgan fingerprint density at radius 3 is 2.68 bits per heavy atom. The minimum atomic E-state index is -1.50. The Morgan fingerprint density at radius 2 is 2.10 bits per heavy atom. The van der Waals surface area contributed by atoms with E-state index in [1.807, 2.05) is 0 Å². The van der Waals surface area contributed by atoms with Crippen molar-refractivity contribution in [3.63, 3.8) is 0 Å². The second kappa shape index (κ2) is 9.90. The second-order valence-electron chi connectivity index (χ2n) is 6.75. The molecule has 1 aromatic carbocycles. The molecule has 0 saturated heterocycles. The van der Waals surface area contributed by atoms with Crippen LogP contribution in [0.25, 0.3) is 11.3 Å². The van der Waals surface area contributed by atoms with Gasteiger partial charge < -0.3 is 25.2 Å². The van der Waals surface area contributed by atoms with Crippen LogP contribution < -0.4 is 5.32 Å². The molecule has 3 N–H and O–H groups in total. The van der Waals surface area contributed by atoms with Crippen molar-refractivity contribution in [3.05, 3.63) is 47.3 Å². The van der Waals surface area contributed by atoms with E-state index < -0.39 is 30.3 Å². The number of aromatic nitrogens is 3. The number of aliphatic hydroxyl groups is 2. The monoisotopic (exact) mass is 453 g/mol. The highest BCUT2D eigenvalue weighted by Gasteiger charge is 2.25. The summed E-state index contributed by atoms with van der Waals surface area (Å²) in [4.78, 5) is 13.2. The third-order valence-electron chi connectivity index (χ3n) is 4.73. The number of ether oxygens (including phenoxy) is 1. The van der Waals surface area contributed by atoms with Gasteiger partial charge in [-0.2, -0.15) is 0 Å². The summed E-state index contributed by atoms with van der Waals surface area (Å²) in [5.41, 5.74) is 0.895. The fourth-order valence-corrected chi connectivity index (χ4v) is 3.20. The van der Waals surface area contributed by atoms with Crippen LogP contribution in [0.4, 0.5) is 8.78 Å². The van der Waals surface area contributed by atoms with Crippen molar-refractivity contribution in [2.75, 3.05) is 26.8 Å². The van der Waals surface area contributed by atoms with Crippen LogP contribution in [-0.4, -0.2) is 74.1 Å². The lowest BCUT2D eigenvalue weighted by Crippen LogP contribution is -2.42. The van der Waals surface area contributed by atoms with Gasteiger partial charge >= 0.3 is 0 Å². The number of methoxy groups -OCH3 is 1. The summed E-state index contributed by atoms with van der Waals surface area (Å²) in [6.07, 6.45) is 1.74. The van der Waals surface area contributed by atoms with Crippen molar-refractivity contribution < 1.29 is 28.5 Å². The Kier molecular flexibility index (Phi) is 7.25. The Labute approximate surface area is 181 Å². The van der Waals surface area contributed by atoms with Gasteiger partial charge in [0.2, 0.25) is 0 Å². The molecule has 1 aromatic heterocycles. The van der Waals surface area contributed by atoms with Crippen LogP contribution in [0, 0.1) is 11.6 Å². The van der Waals surface area contributed by atoms with E-state index in [-0.39, 0.29) is 42.5 Å². The van der Waals surface area contributed by atoms with Gasteiger partial charge in [0.1, 0.15) is 17.3 Å². The highest BCUT2D eigenvalue weighted by molar-refractivity contribution is 7.80. The van der Waals surface area contributed by atoms with E-state index in [9.17, 15) is 18.7 Å². The van der Waals surface area contributed by atoms with Crippen molar-refractivity contribution in [2.45, 2.75) is 19.1 Å². The number of benzene rings is 1. The first-order chi connectivity index (χ1) is 14.8. The summed E-state index contributed by atoms with van der Waals surface area (Å²) in [6, 6.07) is 2.30. The summed E-state index contributed by atoms with van der Waals surface area (Å²) >= 11 is 4.87. The Morgan fingerprint density at radius 1 is 1.39 bits per heavy atom. The number of halogens is 2. The first-order valence-electron chi connectivity index (χ1n) is 9.33. The van der Waals surface area contributed by atoms with Crippen molar-refractivity contribution in [3.8, 4) is 5.69 Å². The van der Waals surface area contributed by atoms with Gasteiger partial charge in [-0.3, -0.25) is 4.79 Å². The molecule has 0 bridgehead atoms. The molecule has 0 fully saturated rings. The lowest BCUT2D eigenvalue weighted by Gasteiger charge is -2.28. The second-order valence-corrected chi connectivity index (χ2v) is 7.12. The zero-order valence-corrected chi connectivity index (χ0v) is 17.4. The average molecular weight is 453 g/mol. The molecule has 0 saturated carbocycles. The van der Waals surface area contributed by atoms with Gasteiger partial charge in [-0.05, 0) is 24.2 Å². The van der Waals surface area contributed by atoms with E-state index >= 15 is 0 Å². The van der Waals surface area contributed by atoms with E-state index in [0.717, 1.165) is 12.1 Å². The number of nitrogens with one attached hydrogen (secondary N) is 1. The van der Waals surface area contributed by atoms with Crippen LogP contribution >= 0.6 is 12.2 Å². The topological polar surface area (TPSA) is 113 Å². The number of hydrogen-bond acceptors (Lipinski definition) is 7. The summed E-state index contributed by atoms with van der Waals surface area (Å²) < 4.78 is 35.6. The summed E-state index contributed by atoms with van der Waals surface area (Å²) in [5.74, 6) is -2.17. The third kappa shape index (κ3) is 5.21. The van der Waals surface area contributed by atoms with E-state index in [4.69, 9.17) is 22.1 Å². The van der Waals surface area contributed by atoms with Crippen LogP contribution in [0.15, 0.2) is 24.4 Å². The molecule has 0 unspecified atom stereocenters. The van der Waals surface area contributed by atoms with Crippen molar-refractivity contribution >= 4 is 28.9 Å². The molecule has 1 amide bonds. The maximum atomic E-state index is 14.8. The predicted octanol–water partition coefficient (Wildman–Crippen LogP) is 0.535. The van der Waals surface area contributed by atoms with Crippen LogP contribution in [-0.2, 0) is 16.1 Å². The molecule has 1 atom stereocenters. The van der Waals surface area contributed by atoms with Crippen LogP contribution in [0.1, 0.15) is 17.7 Å². The molecule has 0 spiro atoms. The molecule has 166 valence electrons. The first kappa shape index (κ1) is 22.7. The van der Waals surface area contributed by atoms with Gasteiger partial charge in [-0.1, -0.05) is 11.3 Å². The van der Waals surface area contributed by atoms with Crippen molar-refractivity contribution in [2.24, 2.45) is 0 Å². The number of carbonyl (C=O) groups is 1. The number of rotatable bonds is 6. The fourth-order valence-electron chi connectivity index (χ4n) is 3.12. The van der Waals surface area contributed by atoms with Gasteiger partial charge in [-0.15, -0.1) is 5.10 Å². The average Bonchev–Trinajstić information content (AvgIpc) is 3.25. The van der Waals surface area contributed by atoms with Crippen LogP contribution in [0.5, 0.6) is 0 Å². The highest BCUT2D eigenvalue weighted by Crippen LogP contribution is 2.29. The van der Waals surface area contributed by atoms with E-state index in [2.05, 4.69) is 15.6 Å². The molecular formula is C19H21F2N5O4S. The molecule has 9 nitrogen and oxygen atoms in total. The minimum absolute atomic E-state index is 0.0780. The third-order valence-corrected chi connectivity index (χ3v) is 5.04. The largest absolute Gasteiger partial charge is 0.474 e. The lowest BCUT2D eigenvalue weighted by molar-refractivity contribution is -0.141.